The molecule has 3 rings (SSSR count). The van der Waals surface area contributed by atoms with Crippen molar-refractivity contribution in [2.75, 3.05) is 0 Å². The second-order valence-corrected chi connectivity index (χ2v) is 5.44. The van der Waals surface area contributed by atoms with Gasteiger partial charge in [0.05, 0.1) is 10.4 Å². The Bertz CT molecular complexity index is 697. The average molecular weight is 244 g/mol. The van der Waals surface area contributed by atoms with Gasteiger partial charge in [-0.15, -0.1) is 11.3 Å². The molecule has 0 radical (unpaired) electrons. The molecule has 0 bridgehead atoms. The van der Waals surface area contributed by atoms with Gasteiger partial charge in [0, 0.05) is 4.88 Å². The zero-order valence-corrected chi connectivity index (χ0v) is 10.5. The molecule has 4 heteroatoms. The van der Waals surface area contributed by atoms with Crippen molar-refractivity contribution in [3.63, 3.8) is 0 Å². The third kappa shape index (κ3) is 1.61. The first-order valence-corrected chi connectivity index (χ1v) is 6.22. The topological polar surface area (TPSA) is 38.0 Å². The minimum atomic E-state index is 0.615. The zero-order chi connectivity index (χ0) is 12.0. The SMILES string of the molecule is Cc1ccc2nc(-c3ccc(C)s3)n(O)c2c1. The summed E-state index contributed by atoms with van der Waals surface area (Å²) in [5.74, 6) is 0.615. The molecule has 0 spiro atoms. The van der Waals surface area contributed by atoms with E-state index in [0.717, 1.165) is 21.5 Å². The van der Waals surface area contributed by atoms with Gasteiger partial charge in [0.25, 0.3) is 0 Å². The van der Waals surface area contributed by atoms with E-state index in [1.807, 2.05) is 44.2 Å². The van der Waals surface area contributed by atoms with Gasteiger partial charge >= 0.3 is 0 Å². The number of benzene rings is 1. The van der Waals surface area contributed by atoms with E-state index in [-0.39, 0.29) is 0 Å². The fourth-order valence-electron chi connectivity index (χ4n) is 1.89. The van der Waals surface area contributed by atoms with Crippen molar-refractivity contribution in [2.45, 2.75) is 13.8 Å². The number of aryl methyl sites for hydroxylation is 2. The van der Waals surface area contributed by atoms with E-state index >= 15 is 0 Å². The van der Waals surface area contributed by atoms with E-state index < -0.39 is 0 Å². The van der Waals surface area contributed by atoms with Gasteiger partial charge in [0.15, 0.2) is 5.82 Å². The lowest BCUT2D eigenvalue weighted by molar-refractivity contribution is 0.203. The number of imidazole rings is 1. The quantitative estimate of drug-likeness (QED) is 0.664. The summed E-state index contributed by atoms with van der Waals surface area (Å²) < 4.78 is 1.17. The second-order valence-electron chi connectivity index (χ2n) is 4.15. The molecule has 0 unspecified atom stereocenters. The third-order valence-corrected chi connectivity index (χ3v) is 3.74. The van der Waals surface area contributed by atoms with Gasteiger partial charge < -0.3 is 5.21 Å². The normalized spacial score (nSPS) is 11.2. The molecule has 86 valence electrons. The van der Waals surface area contributed by atoms with Gasteiger partial charge in [-0.2, -0.15) is 4.73 Å². The lowest BCUT2D eigenvalue weighted by Crippen LogP contribution is -1.92. The summed E-state index contributed by atoms with van der Waals surface area (Å²) in [4.78, 5) is 6.66. The van der Waals surface area contributed by atoms with Crippen LogP contribution in [-0.2, 0) is 0 Å². The highest BCUT2D eigenvalue weighted by molar-refractivity contribution is 7.15. The van der Waals surface area contributed by atoms with Crippen LogP contribution in [0.25, 0.3) is 21.7 Å². The smallest absolute Gasteiger partial charge is 0.186 e. The molecule has 1 aromatic carbocycles. The van der Waals surface area contributed by atoms with Crippen LogP contribution in [0.2, 0.25) is 0 Å². The summed E-state index contributed by atoms with van der Waals surface area (Å²) in [5.41, 5.74) is 2.69. The van der Waals surface area contributed by atoms with E-state index in [1.54, 1.807) is 11.3 Å². The Labute approximate surface area is 103 Å². The van der Waals surface area contributed by atoms with Crippen LogP contribution in [0.3, 0.4) is 0 Å². The molecule has 2 aromatic heterocycles. The first kappa shape index (κ1) is 10.4. The molecule has 0 aliphatic heterocycles. The summed E-state index contributed by atoms with van der Waals surface area (Å²) in [6.45, 7) is 4.05. The Morgan fingerprint density at radius 3 is 2.71 bits per heavy atom. The van der Waals surface area contributed by atoms with Gasteiger partial charge in [0.1, 0.15) is 5.52 Å². The number of nitrogens with zero attached hydrogens (tertiary/aromatic N) is 2. The van der Waals surface area contributed by atoms with Gasteiger partial charge in [0.2, 0.25) is 0 Å². The highest BCUT2D eigenvalue weighted by Crippen LogP contribution is 2.29. The standard InChI is InChI=1S/C13H12N2OS/c1-8-3-5-10-11(7-8)15(16)13(14-10)12-6-4-9(2)17-12/h3-7,16H,1-2H3. The van der Waals surface area contributed by atoms with Crippen LogP contribution in [0.5, 0.6) is 0 Å². The van der Waals surface area contributed by atoms with Crippen LogP contribution < -0.4 is 0 Å². The lowest BCUT2D eigenvalue weighted by atomic mass is 10.2. The second kappa shape index (κ2) is 3.60. The van der Waals surface area contributed by atoms with Crippen LogP contribution in [-0.4, -0.2) is 14.9 Å². The molecule has 0 aliphatic carbocycles. The van der Waals surface area contributed by atoms with Crippen molar-refractivity contribution in [3.8, 4) is 10.7 Å². The monoisotopic (exact) mass is 244 g/mol. The molecule has 2 heterocycles. The van der Waals surface area contributed by atoms with Crippen molar-refractivity contribution < 1.29 is 5.21 Å². The maximum absolute atomic E-state index is 10.1. The molecule has 3 nitrogen and oxygen atoms in total. The van der Waals surface area contributed by atoms with Crippen LogP contribution in [0.4, 0.5) is 0 Å². The molecule has 0 saturated heterocycles. The van der Waals surface area contributed by atoms with Crippen LogP contribution in [0, 0.1) is 13.8 Å². The Morgan fingerprint density at radius 2 is 2.00 bits per heavy atom. The molecule has 1 N–H and O–H groups in total. The third-order valence-electron chi connectivity index (χ3n) is 2.75. The van der Waals surface area contributed by atoms with E-state index in [4.69, 9.17) is 0 Å². The molecule has 3 aromatic rings. The summed E-state index contributed by atoms with van der Waals surface area (Å²) >= 11 is 1.63. The van der Waals surface area contributed by atoms with Crippen LogP contribution in [0.15, 0.2) is 30.3 Å². The fourth-order valence-corrected chi connectivity index (χ4v) is 2.73. The Kier molecular flexibility index (Phi) is 2.19. The minimum Gasteiger partial charge on any atom is -0.426 e. The summed E-state index contributed by atoms with van der Waals surface area (Å²) in [6.07, 6.45) is 0. The van der Waals surface area contributed by atoms with Gasteiger partial charge in [-0.25, -0.2) is 4.98 Å². The number of hydrogen-bond donors (Lipinski definition) is 1. The van der Waals surface area contributed by atoms with Crippen LogP contribution in [0.1, 0.15) is 10.4 Å². The van der Waals surface area contributed by atoms with E-state index in [2.05, 4.69) is 4.98 Å². The first-order valence-electron chi connectivity index (χ1n) is 5.40. The Hall–Kier alpha value is -1.81. The van der Waals surface area contributed by atoms with Gasteiger partial charge in [-0.1, -0.05) is 6.07 Å². The first-order chi connectivity index (χ1) is 8.15. The Balaban J connectivity index is 2.27. The number of rotatable bonds is 1. The average Bonchev–Trinajstić information content (AvgIpc) is 2.84. The summed E-state index contributed by atoms with van der Waals surface area (Å²) in [6, 6.07) is 9.89. The number of aromatic nitrogens is 2. The molecule has 0 fully saturated rings. The molecular formula is C13H12N2OS. The lowest BCUT2D eigenvalue weighted by Gasteiger charge is -1.97. The minimum absolute atomic E-state index is 0.615. The maximum Gasteiger partial charge on any atom is 0.186 e. The largest absolute Gasteiger partial charge is 0.426 e. The molecule has 0 atom stereocenters. The van der Waals surface area contributed by atoms with Gasteiger partial charge in [-0.05, 0) is 43.7 Å². The van der Waals surface area contributed by atoms with Crippen molar-refractivity contribution >= 4 is 22.4 Å². The van der Waals surface area contributed by atoms with Crippen LogP contribution >= 0.6 is 11.3 Å². The van der Waals surface area contributed by atoms with Gasteiger partial charge in [-0.3, -0.25) is 0 Å². The van der Waals surface area contributed by atoms with Crippen molar-refractivity contribution in [1.82, 2.24) is 9.71 Å². The highest BCUT2D eigenvalue weighted by Gasteiger charge is 2.13. The molecule has 0 aliphatic rings. The number of thiophene rings is 1. The van der Waals surface area contributed by atoms with Crippen molar-refractivity contribution in [2.24, 2.45) is 0 Å². The van der Waals surface area contributed by atoms with Crippen molar-refractivity contribution in [1.29, 1.82) is 0 Å². The molecular weight excluding hydrogens is 232 g/mol. The predicted molar refractivity (Wildman–Crippen MR) is 69.7 cm³/mol. The fraction of sp³-hybridized carbons (Fsp3) is 0.154. The predicted octanol–water partition coefficient (Wildman–Crippen LogP) is 3.62. The number of hydrogen-bond acceptors (Lipinski definition) is 3. The molecule has 0 amide bonds. The summed E-state index contributed by atoms with van der Waals surface area (Å²) in [7, 11) is 0. The van der Waals surface area contributed by atoms with E-state index in [1.165, 1.54) is 9.61 Å². The Morgan fingerprint density at radius 1 is 1.18 bits per heavy atom. The molecule has 0 saturated carbocycles. The maximum atomic E-state index is 10.1. The zero-order valence-electron chi connectivity index (χ0n) is 9.64. The molecule has 17 heavy (non-hydrogen) atoms. The van der Waals surface area contributed by atoms with E-state index in [9.17, 15) is 5.21 Å². The van der Waals surface area contributed by atoms with E-state index in [0.29, 0.717) is 5.82 Å². The number of fused-ring (bicyclic) bond motifs is 1. The highest BCUT2D eigenvalue weighted by atomic mass is 32.1. The van der Waals surface area contributed by atoms with Crippen molar-refractivity contribution in [3.05, 3.63) is 40.8 Å². The summed E-state index contributed by atoms with van der Waals surface area (Å²) in [5, 5.41) is 10.1.